The number of alkyl halides is 3. The minimum Gasteiger partial charge on any atom is -0.325 e. The van der Waals surface area contributed by atoms with E-state index in [2.05, 4.69) is 32.9 Å². The lowest BCUT2D eigenvalue weighted by Gasteiger charge is -2.12. The number of para-hydroxylation sites is 2. The number of nitrogens with one attached hydrogen (secondary N) is 1. The molecule has 3 rings (SSSR count). The smallest absolute Gasteiger partial charge is 0.325 e. The number of halogens is 4. The Bertz CT molecular complexity index is 905. The molecule has 0 fully saturated rings. The van der Waals surface area contributed by atoms with Crippen molar-refractivity contribution < 1.29 is 18.0 Å². The normalized spacial score (nSPS) is 11.7. The molecule has 0 aliphatic heterocycles. The summed E-state index contributed by atoms with van der Waals surface area (Å²) in [5, 5.41) is 2.60. The predicted molar refractivity (Wildman–Crippen MR) is 92.5 cm³/mol. The number of hydrogen-bond acceptors (Lipinski definition) is 2. The molecule has 0 aliphatic rings. The second-order valence-electron chi connectivity index (χ2n) is 5.07. The number of anilines is 1. The van der Waals surface area contributed by atoms with Gasteiger partial charge in [0, 0.05) is 9.26 Å². The molecule has 0 saturated heterocycles. The van der Waals surface area contributed by atoms with Gasteiger partial charge < -0.3 is 9.88 Å². The van der Waals surface area contributed by atoms with Gasteiger partial charge >= 0.3 is 6.18 Å². The number of fused-ring (bicyclic) bond motifs is 1. The summed E-state index contributed by atoms with van der Waals surface area (Å²) in [6, 6.07) is 13.2. The summed E-state index contributed by atoms with van der Waals surface area (Å²) >= 11 is 2.09. The number of hydrogen-bond donors (Lipinski definition) is 1. The Balaban J connectivity index is 1.92. The van der Waals surface area contributed by atoms with Gasteiger partial charge in [0.05, 0.1) is 11.0 Å². The molecule has 1 aromatic heterocycles. The van der Waals surface area contributed by atoms with Crippen LogP contribution in [0.5, 0.6) is 0 Å². The summed E-state index contributed by atoms with van der Waals surface area (Å²) in [5.41, 5.74) is 0.999. The largest absolute Gasteiger partial charge is 0.449 e. The maximum absolute atomic E-state index is 13.2. The Morgan fingerprint density at radius 2 is 1.92 bits per heavy atom. The molecule has 0 atom stereocenters. The van der Waals surface area contributed by atoms with Crippen LogP contribution < -0.4 is 5.32 Å². The van der Waals surface area contributed by atoms with Gasteiger partial charge in [-0.3, -0.25) is 4.79 Å². The summed E-state index contributed by atoms with van der Waals surface area (Å²) in [7, 11) is 0. The highest BCUT2D eigenvalue weighted by molar-refractivity contribution is 14.1. The van der Waals surface area contributed by atoms with Gasteiger partial charge in [-0.2, -0.15) is 13.2 Å². The lowest BCUT2D eigenvalue weighted by Crippen LogP contribution is -2.23. The fourth-order valence-electron chi connectivity index (χ4n) is 2.36. The summed E-state index contributed by atoms with van der Waals surface area (Å²) in [6.07, 6.45) is -4.64. The van der Waals surface area contributed by atoms with E-state index in [0.717, 1.165) is 8.14 Å². The third kappa shape index (κ3) is 3.53. The second-order valence-corrected chi connectivity index (χ2v) is 6.31. The van der Waals surface area contributed by atoms with Crippen LogP contribution in [0, 0.1) is 3.57 Å². The number of rotatable bonds is 3. The van der Waals surface area contributed by atoms with E-state index in [-0.39, 0.29) is 11.0 Å². The van der Waals surface area contributed by atoms with Crippen molar-refractivity contribution in [2.24, 2.45) is 0 Å². The molecule has 0 radical (unpaired) electrons. The first-order valence-electron chi connectivity index (χ1n) is 6.92. The van der Waals surface area contributed by atoms with Crippen molar-refractivity contribution in [3.63, 3.8) is 0 Å². The molecular weight excluding hydrogens is 434 g/mol. The van der Waals surface area contributed by atoms with E-state index in [9.17, 15) is 18.0 Å². The molecular formula is C16H11F3IN3O. The van der Waals surface area contributed by atoms with Crippen molar-refractivity contribution in [1.82, 2.24) is 9.55 Å². The highest BCUT2D eigenvalue weighted by Crippen LogP contribution is 2.31. The summed E-state index contributed by atoms with van der Waals surface area (Å²) in [5.74, 6) is -1.63. The second kappa shape index (κ2) is 6.42. The molecule has 8 heteroatoms. The lowest BCUT2D eigenvalue weighted by molar-refractivity contribution is -0.147. The van der Waals surface area contributed by atoms with Crippen LogP contribution in [0.25, 0.3) is 11.0 Å². The number of imidazole rings is 1. The van der Waals surface area contributed by atoms with Crippen molar-refractivity contribution in [1.29, 1.82) is 0 Å². The number of amides is 1. The van der Waals surface area contributed by atoms with Crippen LogP contribution in [0.3, 0.4) is 0 Å². The topological polar surface area (TPSA) is 46.9 Å². The Labute approximate surface area is 148 Å². The van der Waals surface area contributed by atoms with E-state index in [0.29, 0.717) is 5.69 Å². The fraction of sp³-hybridized carbons (Fsp3) is 0.125. The van der Waals surface area contributed by atoms with Crippen LogP contribution in [-0.2, 0) is 17.5 Å². The lowest BCUT2D eigenvalue weighted by atomic mass is 10.3. The summed E-state index contributed by atoms with van der Waals surface area (Å²) in [4.78, 5) is 15.8. The maximum atomic E-state index is 13.2. The first-order chi connectivity index (χ1) is 11.3. The molecule has 0 spiro atoms. The van der Waals surface area contributed by atoms with Crippen molar-refractivity contribution in [3.8, 4) is 0 Å². The summed E-state index contributed by atoms with van der Waals surface area (Å²) < 4.78 is 41.4. The zero-order valence-corrected chi connectivity index (χ0v) is 14.3. The van der Waals surface area contributed by atoms with Crippen LogP contribution >= 0.6 is 22.6 Å². The molecule has 24 heavy (non-hydrogen) atoms. The number of carbonyl (C=O) groups excluding carboxylic acids is 1. The van der Waals surface area contributed by atoms with E-state index in [1.165, 1.54) is 12.1 Å². The minimum absolute atomic E-state index is 0.201. The van der Waals surface area contributed by atoms with E-state index in [1.54, 1.807) is 30.3 Å². The number of aromatic nitrogens is 2. The molecule has 0 unspecified atom stereocenters. The van der Waals surface area contributed by atoms with Crippen LogP contribution in [0.1, 0.15) is 5.82 Å². The molecule has 1 amide bonds. The third-order valence-corrected chi connectivity index (χ3v) is 3.99. The average molecular weight is 445 g/mol. The molecule has 0 saturated carbocycles. The predicted octanol–water partition coefficient (Wildman–Crippen LogP) is 4.30. The van der Waals surface area contributed by atoms with Crippen molar-refractivity contribution in [3.05, 3.63) is 57.9 Å². The van der Waals surface area contributed by atoms with Gasteiger partial charge in [0.1, 0.15) is 6.54 Å². The van der Waals surface area contributed by atoms with Gasteiger partial charge in [0.15, 0.2) is 0 Å². The average Bonchev–Trinajstić information content (AvgIpc) is 2.86. The van der Waals surface area contributed by atoms with Crippen molar-refractivity contribution in [2.75, 3.05) is 5.32 Å². The van der Waals surface area contributed by atoms with Crippen LogP contribution in [0.4, 0.5) is 18.9 Å². The Hall–Kier alpha value is -2.10. The zero-order chi connectivity index (χ0) is 17.3. The minimum atomic E-state index is -4.64. The molecule has 2 aromatic carbocycles. The molecule has 4 nitrogen and oxygen atoms in total. The van der Waals surface area contributed by atoms with Crippen LogP contribution in [0.15, 0.2) is 48.5 Å². The molecule has 3 aromatic rings. The van der Waals surface area contributed by atoms with Gasteiger partial charge in [-0.05, 0) is 52.9 Å². The van der Waals surface area contributed by atoms with Gasteiger partial charge in [-0.25, -0.2) is 4.98 Å². The van der Waals surface area contributed by atoms with Gasteiger partial charge in [-0.1, -0.05) is 18.2 Å². The van der Waals surface area contributed by atoms with Crippen LogP contribution in [0.2, 0.25) is 0 Å². The van der Waals surface area contributed by atoms with E-state index in [1.807, 2.05) is 6.07 Å². The van der Waals surface area contributed by atoms with Crippen molar-refractivity contribution >= 4 is 45.2 Å². The van der Waals surface area contributed by atoms with Gasteiger partial charge in [-0.15, -0.1) is 0 Å². The Kier molecular flexibility index (Phi) is 4.48. The monoisotopic (exact) mass is 445 g/mol. The molecule has 0 aliphatic carbocycles. The quantitative estimate of drug-likeness (QED) is 0.612. The standard InChI is InChI=1S/C16H11F3IN3O/c17-16(18,19)15-22-12-6-1-2-7-13(12)23(15)9-14(24)21-11-5-3-4-10(20)8-11/h1-8H,9H2,(H,21,24). The summed E-state index contributed by atoms with van der Waals surface area (Å²) in [6.45, 7) is -0.471. The number of carbonyl (C=O) groups is 1. The molecule has 1 heterocycles. The van der Waals surface area contributed by atoms with Gasteiger partial charge in [0.25, 0.3) is 0 Å². The number of nitrogens with zero attached hydrogens (tertiary/aromatic N) is 2. The first-order valence-corrected chi connectivity index (χ1v) is 8.00. The van der Waals surface area contributed by atoms with E-state index < -0.39 is 24.5 Å². The fourth-order valence-corrected chi connectivity index (χ4v) is 2.91. The number of benzene rings is 2. The molecule has 1 N–H and O–H groups in total. The van der Waals surface area contributed by atoms with Gasteiger partial charge in [0.2, 0.25) is 11.7 Å². The molecule has 0 bridgehead atoms. The van der Waals surface area contributed by atoms with Crippen LogP contribution in [-0.4, -0.2) is 15.5 Å². The maximum Gasteiger partial charge on any atom is 0.449 e. The van der Waals surface area contributed by atoms with Crippen molar-refractivity contribution in [2.45, 2.75) is 12.7 Å². The van der Waals surface area contributed by atoms with E-state index >= 15 is 0 Å². The highest BCUT2D eigenvalue weighted by atomic mass is 127. The zero-order valence-electron chi connectivity index (χ0n) is 12.1. The van der Waals surface area contributed by atoms with E-state index in [4.69, 9.17) is 0 Å². The first kappa shape index (κ1) is 16.7. The highest BCUT2D eigenvalue weighted by Gasteiger charge is 2.37. The third-order valence-electron chi connectivity index (χ3n) is 3.32. The Morgan fingerprint density at radius 3 is 2.62 bits per heavy atom. The molecule has 124 valence electrons. The Morgan fingerprint density at radius 1 is 1.17 bits per heavy atom. The SMILES string of the molecule is O=C(Cn1c(C(F)(F)F)nc2ccccc21)Nc1cccc(I)c1.